The molecule has 0 N–H and O–H groups in total. The summed E-state index contributed by atoms with van der Waals surface area (Å²) in [4.78, 5) is 26.5. The van der Waals surface area contributed by atoms with Crippen molar-refractivity contribution in [3.63, 3.8) is 0 Å². The molecule has 6 nitrogen and oxygen atoms in total. The first-order chi connectivity index (χ1) is 10.7. The second-order valence-corrected chi connectivity index (χ2v) is 5.36. The van der Waals surface area contributed by atoms with Gasteiger partial charge in [-0.05, 0) is 31.9 Å². The maximum Gasteiger partial charge on any atom is 0.274 e. The van der Waals surface area contributed by atoms with Crippen LogP contribution < -0.4 is 4.74 Å². The third-order valence-corrected chi connectivity index (χ3v) is 3.62. The summed E-state index contributed by atoms with van der Waals surface area (Å²) >= 11 is 0. The fraction of sp³-hybridized carbons (Fsp3) is 0.375. The Labute approximate surface area is 129 Å². The lowest BCUT2D eigenvalue weighted by Gasteiger charge is -2.32. The van der Waals surface area contributed by atoms with E-state index in [4.69, 9.17) is 4.74 Å². The second-order valence-electron chi connectivity index (χ2n) is 5.36. The van der Waals surface area contributed by atoms with Gasteiger partial charge in [-0.1, -0.05) is 0 Å². The van der Waals surface area contributed by atoms with Crippen LogP contribution in [0.15, 0.2) is 36.9 Å². The van der Waals surface area contributed by atoms with Crippen LogP contribution in [0.1, 0.15) is 29.0 Å². The molecule has 114 valence electrons. The fourth-order valence-corrected chi connectivity index (χ4v) is 2.49. The van der Waals surface area contributed by atoms with Gasteiger partial charge in [-0.3, -0.25) is 14.8 Å². The molecule has 0 spiro atoms. The summed E-state index contributed by atoms with van der Waals surface area (Å²) in [5, 5.41) is 0. The molecule has 6 heteroatoms. The fourth-order valence-electron chi connectivity index (χ4n) is 2.49. The number of ether oxygens (including phenoxy) is 1. The quantitative estimate of drug-likeness (QED) is 0.865. The first kappa shape index (κ1) is 14.4. The van der Waals surface area contributed by atoms with Crippen molar-refractivity contribution in [2.24, 2.45) is 0 Å². The number of piperidine rings is 1. The van der Waals surface area contributed by atoms with E-state index in [1.165, 1.54) is 6.20 Å². The van der Waals surface area contributed by atoms with Crippen LogP contribution in [0.5, 0.6) is 5.75 Å². The molecule has 3 heterocycles. The number of amides is 1. The topological polar surface area (TPSA) is 68.2 Å². The van der Waals surface area contributed by atoms with E-state index in [9.17, 15) is 4.79 Å². The molecule has 1 amide bonds. The molecule has 0 saturated carbocycles. The number of carbonyl (C=O) groups is 1. The summed E-state index contributed by atoms with van der Waals surface area (Å²) in [6.45, 7) is 3.14. The Kier molecular flexibility index (Phi) is 4.27. The van der Waals surface area contributed by atoms with E-state index in [1.54, 1.807) is 23.5 Å². The zero-order valence-electron chi connectivity index (χ0n) is 12.5. The van der Waals surface area contributed by atoms with Crippen molar-refractivity contribution in [2.45, 2.75) is 25.9 Å². The molecular weight excluding hydrogens is 280 g/mol. The van der Waals surface area contributed by atoms with Gasteiger partial charge in [0.15, 0.2) is 0 Å². The van der Waals surface area contributed by atoms with Gasteiger partial charge in [-0.2, -0.15) is 0 Å². The van der Waals surface area contributed by atoms with E-state index in [2.05, 4.69) is 15.0 Å². The minimum atomic E-state index is -0.0875. The van der Waals surface area contributed by atoms with Crippen LogP contribution in [-0.4, -0.2) is 45.0 Å². The van der Waals surface area contributed by atoms with Crippen molar-refractivity contribution in [1.82, 2.24) is 19.9 Å². The molecule has 2 aromatic rings. The second kappa shape index (κ2) is 6.51. The Morgan fingerprint density at radius 2 is 2.09 bits per heavy atom. The van der Waals surface area contributed by atoms with E-state index in [1.807, 2.05) is 19.1 Å². The van der Waals surface area contributed by atoms with Crippen LogP contribution in [0.4, 0.5) is 0 Å². The lowest BCUT2D eigenvalue weighted by Crippen LogP contribution is -2.44. The average Bonchev–Trinajstić information content (AvgIpc) is 2.56. The molecule has 22 heavy (non-hydrogen) atoms. The zero-order chi connectivity index (χ0) is 15.4. The first-order valence-corrected chi connectivity index (χ1v) is 7.37. The summed E-state index contributed by atoms with van der Waals surface area (Å²) < 4.78 is 5.92. The lowest BCUT2D eigenvalue weighted by atomic mass is 10.1. The largest absolute Gasteiger partial charge is 0.488 e. The van der Waals surface area contributed by atoms with Gasteiger partial charge in [0, 0.05) is 25.1 Å². The first-order valence-electron chi connectivity index (χ1n) is 7.37. The minimum absolute atomic E-state index is 0.00138. The summed E-state index contributed by atoms with van der Waals surface area (Å²) in [5.41, 5.74) is 1.18. The number of aryl methyl sites for hydroxylation is 1. The predicted octanol–water partition coefficient (Wildman–Crippen LogP) is 1.86. The SMILES string of the molecule is Cc1cnc(C(=O)N2CCCC(Oc3ccncc3)C2)cn1. The molecule has 0 bridgehead atoms. The Morgan fingerprint density at radius 3 is 2.82 bits per heavy atom. The van der Waals surface area contributed by atoms with Crippen LogP contribution in [0.2, 0.25) is 0 Å². The van der Waals surface area contributed by atoms with Gasteiger partial charge in [0.2, 0.25) is 0 Å². The molecule has 1 unspecified atom stereocenters. The highest BCUT2D eigenvalue weighted by Crippen LogP contribution is 2.18. The van der Waals surface area contributed by atoms with Crippen LogP contribution >= 0.6 is 0 Å². The number of pyridine rings is 1. The van der Waals surface area contributed by atoms with Crippen molar-refractivity contribution in [3.8, 4) is 5.75 Å². The Bertz CT molecular complexity index is 630. The number of nitrogens with zero attached hydrogens (tertiary/aromatic N) is 4. The van der Waals surface area contributed by atoms with Gasteiger partial charge in [-0.25, -0.2) is 4.98 Å². The average molecular weight is 298 g/mol. The van der Waals surface area contributed by atoms with Crippen molar-refractivity contribution >= 4 is 5.91 Å². The number of hydrogen-bond donors (Lipinski definition) is 0. The molecule has 0 aromatic carbocycles. The van der Waals surface area contributed by atoms with Crippen LogP contribution in [0, 0.1) is 6.92 Å². The van der Waals surface area contributed by atoms with Gasteiger partial charge in [0.1, 0.15) is 17.5 Å². The molecule has 1 atom stereocenters. The lowest BCUT2D eigenvalue weighted by molar-refractivity contribution is 0.0532. The number of hydrogen-bond acceptors (Lipinski definition) is 5. The van der Waals surface area contributed by atoms with Crippen molar-refractivity contribution in [2.75, 3.05) is 13.1 Å². The Morgan fingerprint density at radius 1 is 1.27 bits per heavy atom. The Hall–Kier alpha value is -2.50. The monoisotopic (exact) mass is 298 g/mol. The van der Waals surface area contributed by atoms with Crippen molar-refractivity contribution in [3.05, 3.63) is 48.3 Å². The number of rotatable bonds is 3. The van der Waals surface area contributed by atoms with Gasteiger partial charge in [-0.15, -0.1) is 0 Å². The standard InChI is InChI=1S/C16H18N4O2/c1-12-9-19-15(10-18-12)16(21)20-8-2-3-14(11-20)22-13-4-6-17-7-5-13/h4-7,9-10,14H,2-3,8,11H2,1H3. The van der Waals surface area contributed by atoms with Gasteiger partial charge in [0.05, 0.1) is 18.4 Å². The smallest absolute Gasteiger partial charge is 0.274 e. The molecule has 0 radical (unpaired) electrons. The van der Waals surface area contributed by atoms with Crippen LogP contribution in [-0.2, 0) is 0 Å². The molecular formula is C16H18N4O2. The minimum Gasteiger partial charge on any atom is -0.488 e. The number of aromatic nitrogens is 3. The Balaban J connectivity index is 1.65. The highest BCUT2D eigenvalue weighted by molar-refractivity contribution is 5.92. The highest BCUT2D eigenvalue weighted by atomic mass is 16.5. The van der Waals surface area contributed by atoms with Crippen LogP contribution in [0.25, 0.3) is 0 Å². The zero-order valence-corrected chi connectivity index (χ0v) is 12.5. The van der Waals surface area contributed by atoms with Gasteiger partial charge < -0.3 is 9.64 Å². The molecule has 1 aliphatic rings. The highest BCUT2D eigenvalue weighted by Gasteiger charge is 2.26. The van der Waals surface area contributed by atoms with Gasteiger partial charge >= 0.3 is 0 Å². The molecule has 1 fully saturated rings. The van der Waals surface area contributed by atoms with E-state index in [-0.39, 0.29) is 12.0 Å². The van der Waals surface area contributed by atoms with Crippen molar-refractivity contribution < 1.29 is 9.53 Å². The van der Waals surface area contributed by atoms with E-state index in [0.29, 0.717) is 12.2 Å². The normalized spacial score (nSPS) is 18.0. The molecule has 1 aliphatic heterocycles. The maximum absolute atomic E-state index is 12.5. The van der Waals surface area contributed by atoms with E-state index in [0.717, 1.165) is 30.8 Å². The molecule has 3 rings (SSSR count). The molecule has 1 saturated heterocycles. The molecule has 0 aliphatic carbocycles. The maximum atomic E-state index is 12.5. The predicted molar refractivity (Wildman–Crippen MR) is 80.6 cm³/mol. The number of likely N-dealkylation sites (tertiary alicyclic amines) is 1. The summed E-state index contributed by atoms with van der Waals surface area (Å²) in [7, 11) is 0. The summed E-state index contributed by atoms with van der Waals surface area (Å²) in [6, 6.07) is 3.65. The number of carbonyl (C=O) groups excluding carboxylic acids is 1. The molecule has 2 aromatic heterocycles. The van der Waals surface area contributed by atoms with Crippen molar-refractivity contribution in [1.29, 1.82) is 0 Å². The third kappa shape index (κ3) is 3.39. The summed E-state index contributed by atoms with van der Waals surface area (Å²) in [5.74, 6) is 0.694. The third-order valence-electron chi connectivity index (χ3n) is 3.62. The van der Waals surface area contributed by atoms with Crippen LogP contribution in [0.3, 0.4) is 0 Å². The van der Waals surface area contributed by atoms with Gasteiger partial charge in [0.25, 0.3) is 5.91 Å². The summed E-state index contributed by atoms with van der Waals surface area (Å²) in [6.07, 6.45) is 8.39. The van der Waals surface area contributed by atoms with E-state index >= 15 is 0 Å². The van der Waals surface area contributed by atoms with E-state index < -0.39 is 0 Å².